The molecule has 0 atom stereocenters. The summed E-state index contributed by atoms with van der Waals surface area (Å²) in [5.74, 6) is -0.314. The smallest absolute Gasteiger partial charge is 0.261 e. The molecule has 1 heterocycles. The summed E-state index contributed by atoms with van der Waals surface area (Å²) in [6, 6.07) is 14.9. The molecule has 0 saturated heterocycles. The van der Waals surface area contributed by atoms with Crippen molar-refractivity contribution in [3.8, 4) is 0 Å². The number of amides is 1. The van der Waals surface area contributed by atoms with Crippen molar-refractivity contribution in [2.45, 2.75) is 4.90 Å². The van der Waals surface area contributed by atoms with E-state index in [9.17, 15) is 13.2 Å². The number of carbonyl (C=O) groups is 1. The Balaban J connectivity index is 1.83. The number of likely N-dealkylation sites (N-methyl/N-ethyl adjacent to an activating group) is 1. The maximum absolute atomic E-state index is 12.8. The van der Waals surface area contributed by atoms with E-state index in [-0.39, 0.29) is 16.4 Å². The van der Waals surface area contributed by atoms with E-state index in [2.05, 4.69) is 15.0 Å². The zero-order chi connectivity index (χ0) is 20.1. The lowest BCUT2D eigenvalue weighted by atomic mass is 10.2. The van der Waals surface area contributed by atoms with E-state index in [1.54, 1.807) is 36.5 Å². The zero-order valence-electron chi connectivity index (χ0n) is 15.7. The topological polar surface area (TPSA) is 91.4 Å². The Labute approximate surface area is 164 Å². The predicted molar refractivity (Wildman–Crippen MR) is 110 cm³/mol. The quantitative estimate of drug-likeness (QED) is 0.637. The summed E-state index contributed by atoms with van der Waals surface area (Å²) in [4.78, 5) is 18.5. The Morgan fingerprint density at radius 3 is 2.61 bits per heavy atom. The largest absolute Gasteiger partial charge is 0.351 e. The number of rotatable bonds is 7. The molecule has 0 bridgehead atoms. The monoisotopic (exact) mass is 398 g/mol. The molecule has 0 aliphatic heterocycles. The molecule has 0 unspecified atom stereocenters. The van der Waals surface area contributed by atoms with Crippen LogP contribution in [0.25, 0.3) is 10.9 Å². The third-order valence-electron chi connectivity index (χ3n) is 4.13. The van der Waals surface area contributed by atoms with Crippen LogP contribution in [-0.4, -0.2) is 51.4 Å². The molecule has 2 aromatic carbocycles. The van der Waals surface area contributed by atoms with Gasteiger partial charge in [0.05, 0.1) is 16.1 Å². The molecule has 0 radical (unpaired) electrons. The van der Waals surface area contributed by atoms with Gasteiger partial charge in [0.25, 0.3) is 15.9 Å². The fourth-order valence-electron chi connectivity index (χ4n) is 2.69. The number of anilines is 1. The Bertz CT molecular complexity index is 1090. The number of para-hydroxylation sites is 1. The normalized spacial score (nSPS) is 11.5. The molecule has 28 heavy (non-hydrogen) atoms. The van der Waals surface area contributed by atoms with Gasteiger partial charge >= 0.3 is 0 Å². The number of nitrogens with one attached hydrogen (secondary N) is 2. The average molecular weight is 398 g/mol. The van der Waals surface area contributed by atoms with E-state index in [0.717, 1.165) is 5.39 Å². The van der Waals surface area contributed by atoms with E-state index in [1.807, 2.05) is 31.1 Å². The summed E-state index contributed by atoms with van der Waals surface area (Å²) in [5.41, 5.74) is 1.24. The number of hydrogen-bond donors (Lipinski definition) is 2. The minimum absolute atomic E-state index is 0.0145. The summed E-state index contributed by atoms with van der Waals surface area (Å²) in [6.07, 6.45) is 1.61. The van der Waals surface area contributed by atoms with Crippen molar-refractivity contribution in [2.24, 2.45) is 0 Å². The van der Waals surface area contributed by atoms with Crippen molar-refractivity contribution < 1.29 is 13.2 Å². The average Bonchev–Trinajstić information content (AvgIpc) is 2.68. The lowest BCUT2D eigenvalue weighted by Crippen LogP contribution is -2.31. The minimum atomic E-state index is -3.87. The SMILES string of the molecule is CN(C)CCNC(=O)c1cccc(S(=O)(=O)Nc2cccc3cccnc23)c1. The van der Waals surface area contributed by atoms with E-state index in [1.165, 1.54) is 12.1 Å². The second-order valence-corrected chi connectivity index (χ2v) is 8.26. The van der Waals surface area contributed by atoms with Gasteiger partial charge in [-0.15, -0.1) is 0 Å². The Morgan fingerprint density at radius 1 is 1.07 bits per heavy atom. The van der Waals surface area contributed by atoms with Crippen LogP contribution in [0, 0.1) is 0 Å². The van der Waals surface area contributed by atoms with Crippen LogP contribution in [-0.2, 0) is 10.0 Å². The van der Waals surface area contributed by atoms with Gasteiger partial charge in [0.1, 0.15) is 0 Å². The molecule has 0 saturated carbocycles. The maximum Gasteiger partial charge on any atom is 0.261 e. The molecule has 1 amide bonds. The van der Waals surface area contributed by atoms with Crippen molar-refractivity contribution in [3.05, 3.63) is 66.4 Å². The van der Waals surface area contributed by atoms with Gasteiger partial charge in [-0.3, -0.25) is 14.5 Å². The fourth-order valence-corrected chi connectivity index (χ4v) is 3.80. The number of carbonyl (C=O) groups excluding carboxylic acids is 1. The van der Waals surface area contributed by atoms with Crippen molar-refractivity contribution in [3.63, 3.8) is 0 Å². The standard InChI is InChI=1S/C20H22N4O3S/c1-24(2)13-12-22-20(25)16-7-3-9-17(14-16)28(26,27)23-18-10-4-6-15-8-5-11-21-19(15)18/h3-11,14,23H,12-13H2,1-2H3,(H,22,25). The van der Waals surface area contributed by atoms with Gasteiger partial charge in [-0.25, -0.2) is 8.42 Å². The van der Waals surface area contributed by atoms with Gasteiger partial charge in [0.15, 0.2) is 0 Å². The molecule has 2 N–H and O–H groups in total. The number of hydrogen-bond acceptors (Lipinski definition) is 5. The third kappa shape index (κ3) is 4.65. The van der Waals surface area contributed by atoms with Crippen LogP contribution < -0.4 is 10.0 Å². The lowest BCUT2D eigenvalue weighted by molar-refractivity contribution is 0.0951. The molecule has 1 aromatic heterocycles. The van der Waals surface area contributed by atoms with Crippen LogP contribution >= 0.6 is 0 Å². The second kappa shape index (κ2) is 8.37. The minimum Gasteiger partial charge on any atom is -0.351 e. The molecule has 0 spiro atoms. The first-order valence-electron chi connectivity index (χ1n) is 8.76. The van der Waals surface area contributed by atoms with Gasteiger partial charge in [-0.05, 0) is 44.4 Å². The highest BCUT2D eigenvalue weighted by Gasteiger charge is 2.18. The van der Waals surface area contributed by atoms with Crippen molar-refractivity contribution in [1.82, 2.24) is 15.2 Å². The Hall–Kier alpha value is -2.97. The summed E-state index contributed by atoms with van der Waals surface area (Å²) in [5, 5.41) is 3.61. The van der Waals surface area contributed by atoms with Gasteiger partial charge in [-0.2, -0.15) is 0 Å². The van der Waals surface area contributed by atoms with Crippen LogP contribution in [0.3, 0.4) is 0 Å². The first kappa shape index (κ1) is 19.8. The van der Waals surface area contributed by atoms with Crippen LogP contribution in [0.4, 0.5) is 5.69 Å². The van der Waals surface area contributed by atoms with E-state index in [4.69, 9.17) is 0 Å². The van der Waals surface area contributed by atoms with Crippen LogP contribution in [0.15, 0.2) is 65.7 Å². The second-order valence-electron chi connectivity index (χ2n) is 6.57. The summed E-state index contributed by atoms with van der Waals surface area (Å²) in [6.45, 7) is 1.17. The third-order valence-corrected chi connectivity index (χ3v) is 5.49. The molecule has 0 aliphatic carbocycles. The molecule has 8 heteroatoms. The summed E-state index contributed by atoms with van der Waals surface area (Å²) >= 11 is 0. The van der Waals surface area contributed by atoms with Crippen LogP contribution in [0.5, 0.6) is 0 Å². The van der Waals surface area contributed by atoms with Crippen LogP contribution in [0.1, 0.15) is 10.4 Å². The highest BCUT2D eigenvalue weighted by Crippen LogP contribution is 2.24. The number of fused-ring (bicyclic) bond motifs is 1. The summed E-state index contributed by atoms with van der Waals surface area (Å²) < 4.78 is 28.3. The number of benzene rings is 2. The van der Waals surface area contributed by atoms with Crippen LogP contribution in [0.2, 0.25) is 0 Å². The molecule has 7 nitrogen and oxygen atoms in total. The molecule has 0 fully saturated rings. The molecule has 0 aliphatic rings. The first-order valence-corrected chi connectivity index (χ1v) is 10.2. The molecule has 3 aromatic rings. The molecule has 3 rings (SSSR count). The van der Waals surface area contributed by atoms with E-state index < -0.39 is 10.0 Å². The zero-order valence-corrected chi connectivity index (χ0v) is 16.5. The Kier molecular flexibility index (Phi) is 5.91. The highest BCUT2D eigenvalue weighted by molar-refractivity contribution is 7.92. The summed E-state index contributed by atoms with van der Waals surface area (Å²) in [7, 11) is -0.0532. The van der Waals surface area contributed by atoms with Crippen molar-refractivity contribution in [2.75, 3.05) is 31.9 Å². The van der Waals surface area contributed by atoms with Gasteiger partial charge < -0.3 is 10.2 Å². The molecule has 146 valence electrons. The van der Waals surface area contributed by atoms with Gasteiger partial charge in [-0.1, -0.05) is 24.3 Å². The number of nitrogens with zero attached hydrogens (tertiary/aromatic N) is 2. The van der Waals surface area contributed by atoms with Crippen molar-refractivity contribution in [1.29, 1.82) is 0 Å². The Morgan fingerprint density at radius 2 is 1.82 bits per heavy atom. The van der Waals surface area contributed by atoms with Crippen molar-refractivity contribution >= 4 is 32.5 Å². The lowest BCUT2D eigenvalue weighted by Gasteiger charge is -2.12. The molecular weight excluding hydrogens is 376 g/mol. The number of pyridine rings is 1. The number of sulfonamides is 1. The van der Waals surface area contributed by atoms with E-state index >= 15 is 0 Å². The van der Waals surface area contributed by atoms with Gasteiger partial charge in [0, 0.05) is 30.2 Å². The molecular formula is C20H22N4O3S. The highest BCUT2D eigenvalue weighted by atomic mass is 32.2. The first-order chi connectivity index (χ1) is 13.4. The van der Waals surface area contributed by atoms with E-state index in [0.29, 0.717) is 24.3 Å². The maximum atomic E-state index is 12.8. The van der Waals surface area contributed by atoms with Gasteiger partial charge in [0.2, 0.25) is 0 Å². The number of aromatic nitrogens is 1. The predicted octanol–water partition coefficient (Wildman–Crippen LogP) is 2.33. The fraction of sp³-hybridized carbons (Fsp3) is 0.200.